The zero-order valence-corrected chi connectivity index (χ0v) is 11.8. The van der Waals surface area contributed by atoms with Gasteiger partial charge in [0.1, 0.15) is 12.2 Å². The minimum Gasteiger partial charge on any atom is -0.340 e. The van der Waals surface area contributed by atoms with Gasteiger partial charge in [-0.05, 0) is 24.3 Å². The zero-order valence-electron chi connectivity index (χ0n) is 12.8. The smallest absolute Gasteiger partial charge is 0.155 e. The number of fused-ring (bicyclic) bond motifs is 1. The van der Waals surface area contributed by atoms with E-state index in [4.69, 9.17) is 1.37 Å². The second kappa shape index (κ2) is 5.07. The van der Waals surface area contributed by atoms with Crippen molar-refractivity contribution in [2.45, 2.75) is 13.3 Å². The molecule has 0 bridgehead atoms. The van der Waals surface area contributed by atoms with Crippen LogP contribution in [0, 0.1) is 0 Å². The van der Waals surface area contributed by atoms with Gasteiger partial charge in [-0.15, -0.1) is 0 Å². The SMILES string of the molecule is [3H]CCc1nc(-c2ccc3ncnn3c2)c(-c2ccccn2)[nH]1. The van der Waals surface area contributed by atoms with E-state index < -0.39 is 0 Å². The summed E-state index contributed by atoms with van der Waals surface area (Å²) < 4.78 is 9.14. The summed E-state index contributed by atoms with van der Waals surface area (Å²) in [5, 5.41) is 4.17. The molecule has 0 radical (unpaired) electrons. The van der Waals surface area contributed by atoms with E-state index in [1.54, 1.807) is 10.7 Å². The van der Waals surface area contributed by atoms with Crippen molar-refractivity contribution in [1.82, 2.24) is 29.5 Å². The lowest BCUT2D eigenvalue weighted by Crippen LogP contribution is -1.91. The molecule has 0 saturated heterocycles. The molecule has 4 aromatic heterocycles. The normalized spacial score (nSPS) is 11.7. The number of rotatable bonds is 3. The molecule has 1 N–H and O–H groups in total. The van der Waals surface area contributed by atoms with Crippen molar-refractivity contribution in [3.63, 3.8) is 0 Å². The molecule has 6 heteroatoms. The first kappa shape index (κ1) is 11.6. The van der Waals surface area contributed by atoms with Crippen LogP contribution in [0.1, 0.15) is 14.1 Å². The number of hydrogen-bond donors (Lipinski definition) is 1. The fourth-order valence-electron chi connectivity index (χ4n) is 2.40. The Hall–Kier alpha value is -3.02. The van der Waals surface area contributed by atoms with Crippen molar-refractivity contribution in [2.24, 2.45) is 0 Å². The van der Waals surface area contributed by atoms with E-state index in [1.165, 1.54) is 6.33 Å². The summed E-state index contributed by atoms with van der Waals surface area (Å²) in [4.78, 5) is 16.5. The van der Waals surface area contributed by atoms with Crippen molar-refractivity contribution in [1.29, 1.82) is 0 Å². The Bertz CT molecular complexity index is 944. The molecule has 108 valence electrons. The zero-order chi connectivity index (χ0) is 15.6. The van der Waals surface area contributed by atoms with Crippen LogP contribution in [0.3, 0.4) is 0 Å². The van der Waals surface area contributed by atoms with Gasteiger partial charge in [0, 0.05) is 25.7 Å². The fraction of sp³-hybridized carbons (Fsp3) is 0.125. The highest BCUT2D eigenvalue weighted by atomic mass is 15.3. The van der Waals surface area contributed by atoms with Gasteiger partial charge in [-0.25, -0.2) is 14.5 Å². The Morgan fingerprint density at radius 1 is 1.23 bits per heavy atom. The monoisotopic (exact) mass is 292 g/mol. The molecular formula is C16H14N6. The van der Waals surface area contributed by atoms with Crippen LogP contribution in [-0.4, -0.2) is 29.5 Å². The number of nitrogens with zero attached hydrogens (tertiary/aromatic N) is 5. The van der Waals surface area contributed by atoms with Crippen LogP contribution in [0.5, 0.6) is 0 Å². The summed E-state index contributed by atoms with van der Waals surface area (Å²) in [5.74, 6) is 0.786. The first-order valence-electron chi connectivity index (χ1n) is 7.65. The number of hydrogen-bond acceptors (Lipinski definition) is 4. The molecule has 0 aliphatic rings. The number of aryl methyl sites for hydroxylation is 1. The topological polar surface area (TPSA) is 71.8 Å². The Labute approximate surface area is 128 Å². The van der Waals surface area contributed by atoms with E-state index in [-0.39, 0.29) is 6.90 Å². The summed E-state index contributed by atoms with van der Waals surface area (Å²) in [5.41, 5.74) is 4.20. The van der Waals surface area contributed by atoms with Gasteiger partial charge < -0.3 is 4.98 Å². The first-order valence-corrected chi connectivity index (χ1v) is 6.94. The molecule has 6 nitrogen and oxygen atoms in total. The van der Waals surface area contributed by atoms with Crippen molar-refractivity contribution in [3.05, 3.63) is 54.9 Å². The average Bonchev–Trinajstić information content (AvgIpc) is 3.22. The highest BCUT2D eigenvalue weighted by molar-refractivity contribution is 5.76. The maximum Gasteiger partial charge on any atom is 0.155 e. The Balaban J connectivity index is 1.88. The third-order valence-electron chi connectivity index (χ3n) is 3.46. The number of aromatic amines is 1. The predicted octanol–water partition coefficient (Wildman–Crippen LogP) is 2.74. The van der Waals surface area contributed by atoms with Crippen LogP contribution in [0.4, 0.5) is 0 Å². The maximum absolute atomic E-state index is 7.42. The van der Waals surface area contributed by atoms with Gasteiger partial charge in [-0.1, -0.05) is 13.0 Å². The van der Waals surface area contributed by atoms with Gasteiger partial charge in [0.05, 0.1) is 17.1 Å². The van der Waals surface area contributed by atoms with E-state index in [0.29, 0.717) is 6.42 Å². The van der Waals surface area contributed by atoms with Gasteiger partial charge >= 0.3 is 0 Å². The lowest BCUT2D eigenvalue weighted by Gasteiger charge is -2.02. The molecule has 4 rings (SSSR count). The molecule has 4 heterocycles. The van der Waals surface area contributed by atoms with Gasteiger partial charge in [0.2, 0.25) is 0 Å². The van der Waals surface area contributed by atoms with Crippen molar-refractivity contribution >= 4 is 5.65 Å². The highest BCUT2D eigenvalue weighted by Crippen LogP contribution is 2.29. The van der Waals surface area contributed by atoms with Crippen molar-refractivity contribution in [2.75, 3.05) is 0 Å². The largest absolute Gasteiger partial charge is 0.340 e. The van der Waals surface area contributed by atoms with Crippen LogP contribution >= 0.6 is 0 Å². The number of nitrogens with one attached hydrogen (secondary N) is 1. The van der Waals surface area contributed by atoms with Gasteiger partial charge in [-0.2, -0.15) is 5.10 Å². The number of aromatic nitrogens is 6. The van der Waals surface area contributed by atoms with Gasteiger partial charge in [0.25, 0.3) is 0 Å². The maximum atomic E-state index is 7.42. The predicted molar refractivity (Wildman–Crippen MR) is 83.2 cm³/mol. The van der Waals surface area contributed by atoms with E-state index in [9.17, 15) is 0 Å². The standard InChI is InChI=1S/C16H14N6/c1-2-13-20-15(16(21-13)12-5-3-4-8-17-12)11-6-7-14-18-10-19-22(14)9-11/h3-10H,2H2,1H3,(H,20,21)/i1T. The van der Waals surface area contributed by atoms with Gasteiger partial charge in [-0.3, -0.25) is 4.98 Å². The molecule has 0 atom stereocenters. The quantitative estimate of drug-likeness (QED) is 0.630. The molecular weight excluding hydrogens is 276 g/mol. The summed E-state index contributed by atoms with van der Waals surface area (Å²) in [6.45, 7) is 0.288. The van der Waals surface area contributed by atoms with Gasteiger partial charge in [0.15, 0.2) is 5.65 Å². The molecule has 0 aliphatic heterocycles. The average molecular weight is 292 g/mol. The second-order valence-corrected chi connectivity index (χ2v) is 4.85. The third kappa shape index (κ3) is 2.05. The van der Waals surface area contributed by atoms with E-state index in [1.807, 2.05) is 36.5 Å². The minimum atomic E-state index is 0.288. The molecule has 0 amide bonds. The molecule has 0 saturated carbocycles. The molecule has 0 fully saturated rings. The number of H-pyrrole nitrogens is 1. The molecule has 4 aromatic rings. The van der Waals surface area contributed by atoms with Crippen LogP contribution < -0.4 is 0 Å². The first-order chi connectivity index (χ1) is 11.3. The molecule has 0 aromatic carbocycles. The Kier molecular flexibility index (Phi) is 2.68. The Morgan fingerprint density at radius 3 is 3.09 bits per heavy atom. The Morgan fingerprint density at radius 2 is 2.23 bits per heavy atom. The van der Waals surface area contributed by atoms with E-state index >= 15 is 0 Å². The molecule has 22 heavy (non-hydrogen) atoms. The van der Waals surface area contributed by atoms with E-state index in [2.05, 4.69) is 25.0 Å². The van der Waals surface area contributed by atoms with Crippen molar-refractivity contribution < 1.29 is 1.37 Å². The summed E-state index contributed by atoms with van der Waals surface area (Å²) in [7, 11) is 0. The molecule has 0 unspecified atom stereocenters. The lowest BCUT2D eigenvalue weighted by molar-refractivity contribution is 0.960. The molecule has 0 aliphatic carbocycles. The number of imidazole rings is 1. The highest BCUT2D eigenvalue weighted by Gasteiger charge is 2.15. The summed E-state index contributed by atoms with van der Waals surface area (Å²) >= 11 is 0. The summed E-state index contributed by atoms with van der Waals surface area (Å²) in [6, 6.07) is 9.64. The van der Waals surface area contributed by atoms with Crippen LogP contribution in [0.15, 0.2) is 49.1 Å². The summed E-state index contributed by atoms with van der Waals surface area (Å²) in [6.07, 6.45) is 5.75. The van der Waals surface area contributed by atoms with Crippen molar-refractivity contribution in [3.8, 4) is 22.6 Å². The lowest BCUT2D eigenvalue weighted by atomic mass is 10.1. The third-order valence-corrected chi connectivity index (χ3v) is 3.46. The number of pyridine rings is 2. The second-order valence-electron chi connectivity index (χ2n) is 4.85. The molecule has 0 spiro atoms. The van der Waals surface area contributed by atoms with Crippen LogP contribution in [0.2, 0.25) is 0 Å². The van der Waals surface area contributed by atoms with Crippen LogP contribution in [0.25, 0.3) is 28.3 Å². The van der Waals surface area contributed by atoms with E-state index in [0.717, 1.165) is 34.1 Å². The fourth-order valence-corrected chi connectivity index (χ4v) is 2.40. The minimum absolute atomic E-state index is 0.288. The van der Waals surface area contributed by atoms with Crippen LogP contribution in [-0.2, 0) is 6.42 Å².